The Morgan fingerprint density at radius 2 is 2.33 bits per heavy atom. The minimum absolute atomic E-state index is 0.261. The molecule has 6 heteroatoms. The normalized spacial score (nSPS) is 40.9. The average molecular weight is 173 g/mol. The Balaban J connectivity index is 2.69. The predicted molar refractivity (Wildman–Crippen MR) is 40.4 cm³/mol. The standard InChI is InChI=1S/C6H11N3O3/c1-3-5(8-9-7)6(11)4(2-10)12-3/h3-6,10-11H,2H2,1H3/t3-,4-,5+,6-/m1/s1. The highest BCUT2D eigenvalue weighted by Gasteiger charge is 2.40. The van der Waals surface area contributed by atoms with Crippen molar-refractivity contribution in [1.82, 2.24) is 0 Å². The van der Waals surface area contributed by atoms with Gasteiger partial charge in [-0.3, -0.25) is 0 Å². The lowest BCUT2D eigenvalue weighted by Crippen LogP contribution is -2.31. The molecule has 4 atom stereocenters. The molecule has 6 nitrogen and oxygen atoms in total. The molecule has 0 bridgehead atoms. The van der Waals surface area contributed by atoms with Crippen LogP contribution in [0.15, 0.2) is 5.11 Å². The van der Waals surface area contributed by atoms with Crippen molar-refractivity contribution in [2.24, 2.45) is 5.11 Å². The maximum Gasteiger partial charge on any atom is 0.107 e. The van der Waals surface area contributed by atoms with E-state index in [0.717, 1.165) is 0 Å². The molecule has 0 unspecified atom stereocenters. The van der Waals surface area contributed by atoms with Gasteiger partial charge in [0, 0.05) is 4.91 Å². The van der Waals surface area contributed by atoms with Gasteiger partial charge in [0.05, 0.1) is 24.9 Å². The van der Waals surface area contributed by atoms with E-state index >= 15 is 0 Å². The van der Waals surface area contributed by atoms with E-state index < -0.39 is 18.2 Å². The van der Waals surface area contributed by atoms with Gasteiger partial charge in [0.15, 0.2) is 0 Å². The minimum atomic E-state index is -0.902. The third kappa shape index (κ3) is 1.51. The van der Waals surface area contributed by atoms with E-state index in [0.29, 0.717) is 0 Å². The SMILES string of the molecule is C[C@H]1O[C@H](CO)[C@@H](O)[C@H]1N=[N+]=[N-]. The van der Waals surface area contributed by atoms with Crippen molar-refractivity contribution in [2.75, 3.05) is 6.61 Å². The number of azide groups is 1. The van der Waals surface area contributed by atoms with E-state index in [1.165, 1.54) is 0 Å². The number of ether oxygens (including phenoxy) is 1. The zero-order chi connectivity index (χ0) is 9.14. The van der Waals surface area contributed by atoms with Crippen LogP contribution in [0.3, 0.4) is 0 Å². The number of nitrogens with zero attached hydrogens (tertiary/aromatic N) is 3. The molecule has 2 N–H and O–H groups in total. The zero-order valence-corrected chi connectivity index (χ0v) is 6.66. The summed E-state index contributed by atoms with van der Waals surface area (Å²) in [5.74, 6) is 0. The summed E-state index contributed by atoms with van der Waals surface area (Å²) in [6.45, 7) is 1.43. The molecule has 0 radical (unpaired) electrons. The maximum absolute atomic E-state index is 9.40. The van der Waals surface area contributed by atoms with Gasteiger partial charge in [-0.05, 0) is 12.5 Å². The average Bonchev–Trinajstić information content (AvgIpc) is 2.32. The smallest absolute Gasteiger partial charge is 0.107 e. The second-order valence-electron chi connectivity index (χ2n) is 2.75. The Hall–Kier alpha value is -0.810. The number of aliphatic hydroxyl groups is 2. The summed E-state index contributed by atoms with van der Waals surface area (Å²) < 4.78 is 5.12. The first kappa shape index (κ1) is 9.28. The van der Waals surface area contributed by atoms with Crippen LogP contribution in [0.2, 0.25) is 0 Å². The lowest BCUT2D eigenvalue weighted by Gasteiger charge is -2.10. The highest BCUT2D eigenvalue weighted by molar-refractivity contribution is 4.93. The van der Waals surface area contributed by atoms with E-state index in [-0.39, 0.29) is 12.7 Å². The molecule has 1 fully saturated rings. The third-order valence-corrected chi connectivity index (χ3v) is 1.97. The van der Waals surface area contributed by atoms with Crippen molar-refractivity contribution >= 4 is 0 Å². The second kappa shape index (κ2) is 3.73. The molecule has 0 spiro atoms. The van der Waals surface area contributed by atoms with E-state index in [1.807, 2.05) is 0 Å². The summed E-state index contributed by atoms with van der Waals surface area (Å²) in [4.78, 5) is 2.59. The fraction of sp³-hybridized carbons (Fsp3) is 1.00. The molecule has 1 aliphatic heterocycles. The molecule has 12 heavy (non-hydrogen) atoms. The van der Waals surface area contributed by atoms with E-state index in [4.69, 9.17) is 15.4 Å². The van der Waals surface area contributed by atoms with Crippen molar-refractivity contribution in [2.45, 2.75) is 31.3 Å². The molecule has 1 saturated heterocycles. The van der Waals surface area contributed by atoms with Gasteiger partial charge < -0.3 is 14.9 Å². The van der Waals surface area contributed by atoms with Gasteiger partial charge in [-0.15, -0.1) is 0 Å². The number of rotatable bonds is 2. The summed E-state index contributed by atoms with van der Waals surface area (Å²) in [6, 6.07) is -0.591. The lowest BCUT2D eigenvalue weighted by atomic mass is 10.1. The largest absolute Gasteiger partial charge is 0.394 e. The van der Waals surface area contributed by atoms with Crippen molar-refractivity contribution < 1.29 is 14.9 Å². The van der Waals surface area contributed by atoms with Gasteiger partial charge in [0.25, 0.3) is 0 Å². The molecule has 68 valence electrons. The van der Waals surface area contributed by atoms with Crippen LogP contribution in [0, 0.1) is 0 Å². The molecule has 1 heterocycles. The molecule has 0 aromatic rings. The van der Waals surface area contributed by atoms with E-state index in [1.54, 1.807) is 6.92 Å². The maximum atomic E-state index is 9.40. The first-order valence-corrected chi connectivity index (χ1v) is 3.69. The zero-order valence-electron chi connectivity index (χ0n) is 6.66. The van der Waals surface area contributed by atoms with Crippen LogP contribution in [0.5, 0.6) is 0 Å². The van der Waals surface area contributed by atoms with Crippen molar-refractivity contribution in [3.8, 4) is 0 Å². The summed E-state index contributed by atoms with van der Waals surface area (Å²) in [5.41, 5.74) is 8.15. The summed E-state index contributed by atoms with van der Waals surface area (Å²) in [7, 11) is 0. The van der Waals surface area contributed by atoms with Gasteiger partial charge >= 0.3 is 0 Å². The van der Waals surface area contributed by atoms with E-state index in [2.05, 4.69) is 10.0 Å². The van der Waals surface area contributed by atoms with Gasteiger partial charge in [-0.2, -0.15) is 0 Å². The van der Waals surface area contributed by atoms with Crippen molar-refractivity contribution in [3.63, 3.8) is 0 Å². The first-order valence-electron chi connectivity index (χ1n) is 3.69. The van der Waals surface area contributed by atoms with Crippen LogP contribution < -0.4 is 0 Å². The Morgan fingerprint density at radius 3 is 2.75 bits per heavy atom. The number of hydrogen-bond acceptors (Lipinski definition) is 4. The van der Waals surface area contributed by atoms with Crippen LogP contribution in [-0.4, -0.2) is 41.2 Å². The highest BCUT2D eigenvalue weighted by Crippen LogP contribution is 2.23. The second-order valence-corrected chi connectivity index (χ2v) is 2.75. The summed E-state index contributed by atoms with van der Waals surface area (Å²) in [6.07, 6.45) is -1.87. The van der Waals surface area contributed by atoms with Gasteiger partial charge in [-0.1, -0.05) is 5.11 Å². The van der Waals surface area contributed by atoms with Gasteiger partial charge in [0.2, 0.25) is 0 Å². The molecular weight excluding hydrogens is 162 g/mol. The number of aliphatic hydroxyl groups excluding tert-OH is 2. The Morgan fingerprint density at radius 1 is 1.67 bits per heavy atom. The van der Waals surface area contributed by atoms with Crippen molar-refractivity contribution in [3.05, 3.63) is 10.4 Å². The fourth-order valence-electron chi connectivity index (χ4n) is 1.31. The molecule has 0 amide bonds. The van der Waals surface area contributed by atoms with Gasteiger partial charge in [-0.25, -0.2) is 0 Å². The molecule has 0 aliphatic carbocycles. The molecular formula is C6H11N3O3. The topological polar surface area (TPSA) is 98.5 Å². The Bertz CT molecular complexity index is 204. The van der Waals surface area contributed by atoms with Crippen LogP contribution in [0.25, 0.3) is 10.4 Å². The van der Waals surface area contributed by atoms with Crippen LogP contribution >= 0.6 is 0 Å². The quantitative estimate of drug-likeness (QED) is 0.344. The Kier molecular flexibility index (Phi) is 2.88. The van der Waals surface area contributed by atoms with E-state index in [9.17, 15) is 5.11 Å². The first-order chi connectivity index (χ1) is 5.70. The molecule has 0 aromatic heterocycles. The Labute approximate surface area is 69.4 Å². The van der Waals surface area contributed by atoms with Gasteiger partial charge in [0.1, 0.15) is 6.10 Å². The minimum Gasteiger partial charge on any atom is -0.394 e. The fourth-order valence-corrected chi connectivity index (χ4v) is 1.31. The number of hydrogen-bond donors (Lipinski definition) is 2. The third-order valence-electron chi connectivity index (χ3n) is 1.97. The van der Waals surface area contributed by atoms with Crippen LogP contribution in [0.1, 0.15) is 6.92 Å². The van der Waals surface area contributed by atoms with Crippen LogP contribution in [0.4, 0.5) is 0 Å². The molecule has 1 rings (SSSR count). The van der Waals surface area contributed by atoms with Crippen molar-refractivity contribution in [1.29, 1.82) is 0 Å². The monoisotopic (exact) mass is 173 g/mol. The molecule has 0 aromatic carbocycles. The summed E-state index contributed by atoms with van der Waals surface area (Å²) >= 11 is 0. The molecule has 0 saturated carbocycles. The molecule has 1 aliphatic rings. The lowest BCUT2D eigenvalue weighted by molar-refractivity contribution is -0.0170. The summed E-state index contributed by atoms with van der Waals surface area (Å²) in [5, 5.41) is 21.5. The highest BCUT2D eigenvalue weighted by atomic mass is 16.5. The predicted octanol–water partition coefficient (Wildman–Crippen LogP) is -0.194. The van der Waals surface area contributed by atoms with Crippen LogP contribution in [-0.2, 0) is 4.74 Å².